The Morgan fingerprint density at radius 3 is 2.92 bits per heavy atom. The van der Waals surface area contributed by atoms with Crippen molar-refractivity contribution >= 4 is 17.0 Å². The van der Waals surface area contributed by atoms with Gasteiger partial charge in [-0.2, -0.15) is 0 Å². The first-order valence-electron chi connectivity index (χ1n) is 4.03. The first kappa shape index (κ1) is 8.26. The molecule has 66 valence electrons. The number of benzene rings is 1. The minimum absolute atomic E-state index is 0.792. The molecular weight excluding hydrogens is 180 g/mol. The molecule has 1 aromatic carbocycles. The van der Waals surface area contributed by atoms with Crippen molar-refractivity contribution in [2.45, 2.75) is 6.92 Å². The molecule has 0 radical (unpaired) electrons. The summed E-state index contributed by atoms with van der Waals surface area (Å²) in [4.78, 5) is 4.23. The Morgan fingerprint density at radius 1 is 1.38 bits per heavy atom. The molecule has 2 rings (SSSR count). The highest BCUT2D eigenvalue weighted by Crippen LogP contribution is 2.28. The molecule has 1 heterocycles. The summed E-state index contributed by atoms with van der Waals surface area (Å²) < 4.78 is 0. The number of nitrogen functional groups attached to an aromatic ring is 1. The predicted octanol–water partition coefficient (Wildman–Crippen LogP) is 2.70. The van der Waals surface area contributed by atoms with Gasteiger partial charge >= 0.3 is 0 Å². The van der Waals surface area contributed by atoms with Crippen LogP contribution in [0.5, 0.6) is 0 Å². The largest absolute Gasteiger partial charge is 0.398 e. The van der Waals surface area contributed by atoms with Gasteiger partial charge in [-0.3, -0.25) is 0 Å². The zero-order valence-corrected chi connectivity index (χ0v) is 8.14. The van der Waals surface area contributed by atoms with E-state index in [1.165, 1.54) is 5.56 Å². The molecule has 2 aromatic rings. The molecule has 1 aromatic heterocycles. The first-order valence-corrected chi connectivity index (χ1v) is 4.91. The van der Waals surface area contributed by atoms with Crippen molar-refractivity contribution in [3.8, 4) is 10.6 Å². The van der Waals surface area contributed by atoms with Crippen LogP contribution in [0.4, 0.5) is 5.69 Å². The molecule has 0 saturated heterocycles. The monoisotopic (exact) mass is 190 g/mol. The molecule has 3 heteroatoms. The molecule has 0 aliphatic rings. The van der Waals surface area contributed by atoms with Crippen LogP contribution >= 0.6 is 11.3 Å². The molecule has 2 N–H and O–H groups in total. The van der Waals surface area contributed by atoms with Gasteiger partial charge in [0.25, 0.3) is 0 Å². The van der Waals surface area contributed by atoms with E-state index >= 15 is 0 Å². The second-order valence-corrected chi connectivity index (χ2v) is 3.82. The van der Waals surface area contributed by atoms with E-state index in [-0.39, 0.29) is 0 Å². The zero-order chi connectivity index (χ0) is 9.26. The van der Waals surface area contributed by atoms with Gasteiger partial charge in [0.05, 0.1) is 0 Å². The maximum atomic E-state index is 5.85. The third-order valence-corrected chi connectivity index (χ3v) is 2.68. The van der Waals surface area contributed by atoms with Gasteiger partial charge in [0.15, 0.2) is 0 Å². The number of thiazole rings is 1. The molecule has 13 heavy (non-hydrogen) atoms. The van der Waals surface area contributed by atoms with Crippen molar-refractivity contribution in [1.29, 1.82) is 0 Å². The molecule has 0 fully saturated rings. The van der Waals surface area contributed by atoms with Crippen molar-refractivity contribution in [2.24, 2.45) is 0 Å². The van der Waals surface area contributed by atoms with Gasteiger partial charge in [0.1, 0.15) is 5.01 Å². The number of nitrogens with two attached hydrogens (primary N) is 1. The fraction of sp³-hybridized carbons (Fsp3) is 0.100. The maximum absolute atomic E-state index is 5.85. The van der Waals surface area contributed by atoms with E-state index in [0.29, 0.717) is 0 Å². The van der Waals surface area contributed by atoms with E-state index in [9.17, 15) is 0 Å². The Morgan fingerprint density at radius 2 is 2.23 bits per heavy atom. The molecule has 2 nitrogen and oxygen atoms in total. The fourth-order valence-corrected chi connectivity index (χ4v) is 1.89. The Bertz CT molecular complexity index is 407. The van der Waals surface area contributed by atoms with Crippen LogP contribution in [0.2, 0.25) is 0 Å². The highest BCUT2D eigenvalue weighted by Gasteiger charge is 2.04. The van der Waals surface area contributed by atoms with Crippen LogP contribution in [0.3, 0.4) is 0 Å². The molecule has 0 aliphatic heterocycles. The molecule has 0 aliphatic carbocycles. The number of aromatic nitrogens is 1. The molecular formula is C10H10N2S. The summed E-state index contributed by atoms with van der Waals surface area (Å²) in [5.41, 5.74) is 8.88. The van der Waals surface area contributed by atoms with E-state index in [2.05, 4.69) is 18.0 Å². The van der Waals surface area contributed by atoms with Crippen LogP contribution in [-0.2, 0) is 0 Å². The van der Waals surface area contributed by atoms with E-state index < -0.39 is 0 Å². The minimum atomic E-state index is 0.792. The van der Waals surface area contributed by atoms with Crippen LogP contribution in [0.1, 0.15) is 5.56 Å². The lowest BCUT2D eigenvalue weighted by atomic mass is 10.1. The van der Waals surface area contributed by atoms with Gasteiger partial charge in [-0.15, -0.1) is 11.3 Å². The summed E-state index contributed by atoms with van der Waals surface area (Å²) >= 11 is 1.61. The Labute approximate surface area is 81.1 Å². The van der Waals surface area contributed by atoms with Gasteiger partial charge in [-0.05, 0) is 19.1 Å². The SMILES string of the molecule is Cc1ccc(N)c(-c2nccs2)c1. The number of hydrogen-bond donors (Lipinski definition) is 1. The van der Waals surface area contributed by atoms with Crippen molar-refractivity contribution < 1.29 is 0 Å². The summed E-state index contributed by atoms with van der Waals surface area (Å²) in [6, 6.07) is 5.99. The van der Waals surface area contributed by atoms with Crippen molar-refractivity contribution in [2.75, 3.05) is 5.73 Å². The summed E-state index contributed by atoms with van der Waals surface area (Å²) in [6.45, 7) is 2.05. The lowest BCUT2D eigenvalue weighted by molar-refractivity contribution is 1.40. The Kier molecular flexibility index (Phi) is 2.02. The van der Waals surface area contributed by atoms with Crippen molar-refractivity contribution in [3.05, 3.63) is 35.3 Å². The van der Waals surface area contributed by atoms with Crippen LogP contribution in [0.25, 0.3) is 10.6 Å². The number of aryl methyl sites for hydroxylation is 1. The topological polar surface area (TPSA) is 38.9 Å². The minimum Gasteiger partial charge on any atom is -0.398 e. The zero-order valence-electron chi connectivity index (χ0n) is 7.32. The summed E-state index contributed by atoms with van der Waals surface area (Å²) in [5, 5.41) is 2.94. The smallest absolute Gasteiger partial charge is 0.125 e. The van der Waals surface area contributed by atoms with Crippen LogP contribution in [0.15, 0.2) is 29.8 Å². The highest BCUT2D eigenvalue weighted by molar-refractivity contribution is 7.13. The maximum Gasteiger partial charge on any atom is 0.125 e. The van der Waals surface area contributed by atoms with Crippen LogP contribution < -0.4 is 5.73 Å². The lowest BCUT2D eigenvalue weighted by Crippen LogP contribution is -1.89. The first-order chi connectivity index (χ1) is 6.27. The molecule has 0 saturated carbocycles. The van der Waals surface area contributed by atoms with Crippen molar-refractivity contribution in [1.82, 2.24) is 4.98 Å². The summed E-state index contributed by atoms with van der Waals surface area (Å²) in [6.07, 6.45) is 1.79. The second kappa shape index (κ2) is 3.18. The Balaban J connectivity index is 2.57. The molecule has 0 unspecified atom stereocenters. The second-order valence-electron chi connectivity index (χ2n) is 2.93. The van der Waals surface area contributed by atoms with Gasteiger partial charge in [-0.1, -0.05) is 11.6 Å². The Hall–Kier alpha value is -1.35. The molecule has 0 bridgehead atoms. The van der Waals surface area contributed by atoms with Gasteiger partial charge in [0, 0.05) is 22.8 Å². The van der Waals surface area contributed by atoms with Crippen LogP contribution in [-0.4, -0.2) is 4.98 Å². The summed E-state index contributed by atoms with van der Waals surface area (Å²) in [5.74, 6) is 0. The molecule has 0 amide bonds. The quantitative estimate of drug-likeness (QED) is 0.702. The van der Waals surface area contributed by atoms with Gasteiger partial charge in [0.2, 0.25) is 0 Å². The number of nitrogens with zero attached hydrogens (tertiary/aromatic N) is 1. The predicted molar refractivity (Wildman–Crippen MR) is 56.7 cm³/mol. The van der Waals surface area contributed by atoms with E-state index in [0.717, 1.165) is 16.3 Å². The fourth-order valence-electron chi connectivity index (χ4n) is 1.21. The lowest BCUT2D eigenvalue weighted by Gasteiger charge is -2.02. The average Bonchev–Trinajstić information content (AvgIpc) is 2.61. The van der Waals surface area contributed by atoms with Gasteiger partial charge < -0.3 is 5.73 Å². The summed E-state index contributed by atoms with van der Waals surface area (Å²) in [7, 11) is 0. The molecule has 0 atom stereocenters. The van der Waals surface area contributed by atoms with Crippen molar-refractivity contribution in [3.63, 3.8) is 0 Å². The van der Waals surface area contributed by atoms with E-state index in [4.69, 9.17) is 5.73 Å². The van der Waals surface area contributed by atoms with E-state index in [1.54, 1.807) is 17.5 Å². The average molecular weight is 190 g/mol. The number of anilines is 1. The van der Waals surface area contributed by atoms with E-state index in [1.807, 2.05) is 17.5 Å². The highest BCUT2D eigenvalue weighted by atomic mass is 32.1. The normalized spacial score (nSPS) is 10.2. The third-order valence-electron chi connectivity index (χ3n) is 1.87. The number of rotatable bonds is 1. The third kappa shape index (κ3) is 1.55. The van der Waals surface area contributed by atoms with Gasteiger partial charge in [-0.25, -0.2) is 4.98 Å². The van der Waals surface area contributed by atoms with Crippen LogP contribution in [0, 0.1) is 6.92 Å². The molecule has 0 spiro atoms. The standard InChI is InChI=1S/C10H10N2S/c1-7-2-3-9(11)8(6-7)10-12-4-5-13-10/h2-6H,11H2,1H3. The number of hydrogen-bond acceptors (Lipinski definition) is 3.